The summed E-state index contributed by atoms with van der Waals surface area (Å²) in [6, 6.07) is 9.11. The van der Waals surface area contributed by atoms with Crippen molar-refractivity contribution in [3.63, 3.8) is 0 Å². The van der Waals surface area contributed by atoms with Gasteiger partial charge in [0.2, 0.25) is 0 Å². The molecule has 6 nitrogen and oxygen atoms in total. The number of rotatable bonds is 6. The van der Waals surface area contributed by atoms with Gasteiger partial charge in [-0.05, 0) is 35.7 Å². The monoisotopic (exact) mass is 353 g/mol. The van der Waals surface area contributed by atoms with Crippen molar-refractivity contribution >= 4 is 33.1 Å². The molecule has 0 aliphatic heterocycles. The molecule has 0 aliphatic rings. The van der Waals surface area contributed by atoms with Crippen LogP contribution in [0.3, 0.4) is 0 Å². The molecule has 23 heavy (non-hydrogen) atoms. The van der Waals surface area contributed by atoms with Crippen LogP contribution in [0.5, 0.6) is 0 Å². The van der Waals surface area contributed by atoms with Gasteiger partial charge in [-0.3, -0.25) is 4.79 Å². The Bertz CT molecular complexity index is 780. The summed E-state index contributed by atoms with van der Waals surface area (Å²) in [4.78, 5) is 24.5. The highest BCUT2D eigenvalue weighted by molar-refractivity contribution is 7.90. The number of ether oxygens (including phenoxy) is 1. The van der Waals surface area contributed by atoms with Gasteiger partial charge in [-0.2, -0.15) is 0 Å². The SMILES string of the molecule is CS(=O)(=O)c1ccc(C(=O)OCC(=O)NCc2cccs2)cc1. The molecule has 122 valence electrons. The lowest BCUT2D eigenvalue weighted by atomic mass is 10.2. The van der Waals surface area contributed by atoms with E-state index in [0.717, 1.165) is 11.1 Å². The molecule has 0 saturated carbocycles. The van der Waals surface area contributed by atoms with Crippen molar-refractivity contribution in [2.75, 3.05) is 12.9 Å². The molecule has 1 heterocycles. The molecule has 0 bridgehead atoms. The predicted octanol–water partition coefficient (Wildman–Crippen LogP) is 1.62. The van der Waals surface area contributed by atoms with E-state index in [1.165, 1.54) is 35.6 Å². The van der Waals surface area contributed by atoms with Crippen molar-refractivity contribution in [1.29, 1.82) is 0 Å². The number of carbonyl (C=O) groups excluding carboxylic acids is 2. The zero-order chi connectivity index (χ0) is 16.9. The Kier molecular flexibility index (Phi) is 5.51. The Labute approximate surface area is 138 Å². The summed E-state index contributed by atoms with van der Waals surface area (Å²) in [5.41, 5.74) is 0.184. The van der Waals surface area contributed by atoms with Crippen LogP contribution in [0.4, 0.5) is 0 Å². The first kappa shape index (κ1) is 17.2. The largest absolute Gasteiger partial charge is 0.452 e. The fourth-order valence-corrected chi connectivity index (χ4v) is 2.98. The van der Waals surface area contributed by atoms with Crippen molar-refractivity contribution in [3.05, 3.63) is 52.2 Å². The van der Waals surface area contributed by atoms with E-state index >= 15 is 0 Å². The Morgan fingerprint density at radius 1 is 1.17 bits per heavy atom. The average molecular weight is 353 g/mol. The number of sulfone groups is 1. The summed E-state index contributed by atoms with van der Waals surface area (Å²) in [6.45, 7) is -0.00482. The molecule has 0 atom stereocenters. The second-order valence-electron chi connectivity index (χ2n) is 4.73. The molecule has 2 aromatic rings. The second-order valence-corrected chi connectivity index (χ2v) is 7.78. The summed E-state index contributed by atoms with van der Waals surface area (Å²) in [6.07, 6.45) is 1.08. The second kappa shape index (κ2) is 7.38. The van der Waals surface area contributed by atoms with Crippen molar-refractivity contribution in [3.8, 4) is 0 Å². The van der Waals surface area contributed by atoms with E-state index in [4.69, 9.17) is 4.74 Å². The van der Waals surface area contributed by atoms with Gasteiger partial charge in [0.25, 0.3) is 5.91 Å². The van der Waals surface area contributed by atoms with Crippen molar-refractivity contribution in [1.82, 2.24) is 5.32 Å². The Balaban J connectivity index is 1.83. The van der Waals surface area contributed by atoms with Crippen LogP contribution >= 0.6 is 11.3 Å². The molecule has 1 N–H and O–H groups in total. The summed E-state index contributed by atoms with van der Waals surface area (Å²) < 4.78 is 27.5. The molecule has 0 fully saturated rings. The smallest absolute Gasteiger partial charge is 0.338 e. The first-order chi connectivity index (χ1) is 10.9. The summed E-state index contributed by atoms with van der Waals surface area (Å²) in [5, 5.41) is 4.54. The lowest BCUT2D eigenvalue weighted by Gasteiger charge is -2.06. The van der Waals surface area contributed by atoms with Gasteiger partial charge in [0.1, 0.15) is 0 Å². The highest BCUT2D eigenvalue weighted by Crippen LogP contribution is 2.11. The predicted molar refractivity (Wildman–Crippen MR) is 86.0 cm³/mol. The van der Waals surface area contributed by atoms with E-state index in [9.17, 15) is 18.0 Å². The zero-order valence-electron chi connectivity index (χ0n) is 12.3. The van der Waals surface area contributed by atoms with Gasteiger partial charge >= 0.3 is 5.97 Å². The highest BCUT2D eigenvalue weighted by atomic mass is 32.2. The normalized spacial score (nSPS) is 11.0. The van der Waals surface area contributed by atoms with Crippen LogP contribution in [0.25, 0.3) is 0 Å². The maximum Gasteiger partial charge on any atom is 0.338 e. The Morgan fingerprint density at radius 3 is 2.43 bits per heavy atom. The molecule has 0 radical (unpaired) electrons. The number of thiophene rings is 1. The minimum atomic E-state index is -3.32. The molecular formula is C15H15NO5S2. The maximum atomic E-state index is 11.8. The third kappa shape index (κ3) is 5.19. The van der Waals surface area contributed by atoms with Crippen LogP contribution < -0.4 is 5.32 Å². The highest BCUT2D eigenvalue weighted by Gasteiger charge is 2.12. The van der Waals surface area contributed by atoms with Crippen LogP contribution in [0.1, 0.15) is 15.2 Å². The van der Waals surface area contributed by atoms with Gasteiger partial charge in [0.05, 0.1) is 17.0 Å². The number of hydrogen-bond acceptors (Lipinski definition) is 6. The van der Waals surface area contributed by atoms with Crippen LogP contribution in [0.15, 0.2) is 46.7 Å². The molecule has 0 saturated heterocycles. The minimum absolute atomic E-state index is 0.114. The molecule has 1 aromatic heterocycles. The summed E-state index contributed by atoms with van der Waals surface area (Å²) in [7, 11) is -3.32. The topological polar surface area (TPSA) is 89.5 Å². The first-order valence-corrected chi connectivity index (χ1v) is 9.40. The molecule has 0 unspecified atom stereocenters. The van der Waals surface area contributed by atoms with Crippen molar-refractivity contribution in [2.45, 2.75) is 11.4 Å². The van der Waals surface area contributed by atoms with E-state index in [1.807, 2.05) is 17.5 Å². The number of benzene rings is 1. The first-order valence-electron chi connectivity index (χ1n) is 6.62. The van der Waals surface area contributed by atoms with Gasteiger partial charge in [0.15, 0.2) is 16.4 Å². The maximum absolute atomic E-state index is 11.8. The van der Waals surface area contributed by atoms with Crippen molar-refractivity contribution in [2.24, 2.45) is 0 Å². The lowest BCUT2D eigenvalue weighted by molar-refractivity contribution is -0.124. The third-order valence-corrected chi connectivity index (χ3v) is 4.90. The number of amides is 1. The Morgan fingerprint density at radius 2 is 1.87 bits per heavy atom. The quantitative estimate of drug-likeness (QED) is 0.797. The molecule has 1 amide bonds. The molecule has 2 rings (SSSR count). The fourth-order valence-electron chi connectivity index (χ4n) is 1.70. The van der Waals surface area contributed by atoms with Crippen LogP contribution in [-0.4, -0.2) is 33.2 Å². The van der Waals surface area contributed by atoms with Gasteiger partial charge < -0.3 is 10.1 Å². The lowest BCUT2D eigenvalue weighted by Crippen LogP contribution is -2.28. The average Bonchev–Trinajstić information content (AvgIpc) is 3.03. The summed E-state index contributed by atoms with van der Waals surface area (Å²) >= 11 is 1.52. The van der Waals surface area contributed by atoms with Crippen LogP contribution in [0, 0.1) is 0 Å². The van der Waals surface area contributed by atoms with Gasteiger partial charge in [0, 0.05) is 11.1 Å². The number of hydrogen-bond donors (Lipinski definition) is 1. The number of carbonyl (C=O) groups is 2. The van der Waals surface area contributed by atoms with Gasteiger partial charge in [-0.1, -0.05) is 6.07 Å². The van der Waals surface area contributed by atoms with E-state index in [0.29, 0.717) is 6.54 Å². The van der Waals surface area contributed by atoms with E-state index in [-0.39, 0.29) is 10.5 Å². The third-order valence-electron chi connectivity index (χ3n) is 2.89. The number of esters is 1. The molecule has 0 aliphatic carbocycles. The molecule has 8 heteroatoms. The number of nitrogens with one attached hydrogen (secondary N) is 1. The summed E-state index contributed by atoms with van der Waals surface area (Å²) in [5.74, 6) is -1.09. The molecular weight excluding hydrogens is 338 g/mol. The van der Waals surface area contributed by atoms with Crippen molar-refractivity contribution < 1.29 is 22.7 Å². The van der Waals surface area contributed by atoms with Gasteiger partial charge in [-0.15, -0.1) is 11.3 Å². The molecule has 1 aromatic carbocycles. The molecule has 0 spiro atoms. The standard InChI is InChI=1S/C15H15NO5S2/c1-23(19,20)13-6-4-11(5-7-13)15(18)21-10-14(17)16-9-12-3-2-8-22-12/h2-8H,9-10H2,1H3,(H,16,17). The van der Waals surface area contributed by atoms with Gasteiger partial charge in [-0.25, -0.2) is 13.2 Å². The van der Waals surface area contributed by atoms with E-state index in [2.05, 4.69) is 5.32 Å². The Hall–Kier alpha value is -2.19. The van der Waals surface area contributed by atoms with Crippen LogP contribution in [0.2, 0.25) is 0 Å². The van der Waals surface area contributed by atoms with E-state index < -0.39 is 28.3 Å². The van der Waals surface area contributed by atoms with E-state index in [1.54, 1.807) is 0 Å². The minimum Gasteiger partial charge on any atom is -0.452 e. The fraction of sp³-hybridized carbons (Fsp3) is 0.200. The van der Waals surface area contributed by atoms with Crippen LogP contribution in [-0.2, 0) is 25.9 Å². The zero-order valence-corrected chi connectivity index (χ0v) is 13.9.